The van der Waals surface area contributed by atoms with Gasteiger partial charge in [0.05, 0.1) is 12.6 Å². The molecule has 0 aromatic carbocycles. The van der Waals surface area contributed by atoms with Gasteiger partial charge in [-0.25, -0.2) is 4.39 Å². The standard InChI is InChI=1S/C7H12BFO3/c1-7(9)5(10)4(3-11-2)12-6(7)8/h4-6,10H,3H2,1-2H3/t4-,5-,6-,7?/m1/s1. The van der Waals surface area contributed by atoms with Crippen molar-refractivity contribution in [2.45, 2.75) is 30.8 Å². The Morgan fingerprint density at radius 1 is 1.75 bits per heavy atom. The van der Waals surface area contributed by atoms with Crippen molar-refractivity contribution in [2.75, 3.05) is 13.7 Å². The van der Waals surface area contributed by atoms with Crippen molar-refractivity contribution in [1.29, 1.82) is 0 Å². The van der Waals surface area contributed by atoms with Crippen LogP contribution >= 0.6 is 0 Å². The Kier molecular flexibility index (Phi) is 2.75. The highest BCUT2D eigenvalue weighted by atomic mass is 19.1. The minimum atomic E-state index is -1.89. The largest absolute Gasteiger partial charge is 0.387 e. The van der Waals surface area contributed by atoms with Crippen molar-refractivity contribution in [1.82, 2.24) is 0 Å². The summed E-state index contributed by atoms with van der Waals surface area (Å²) < 4.78 is 23.1. The first-order valence-electron chi connectivity index (χ1n) is 3.77. The monoisotopic (exact) mass is 174 g/mol. The maximum Gasteiger partial charge on any atom is 0.153 e. The molecule has 0 aromatic rings. The highest BCUT2D eigenvalue weighted by Crippen LogP contribution is 2.32. The van der Waals surface area contributed by atoms with Crippen LogP contribution in [0.4, 0.5) is 4.39 Å². The number of alkyl halides is 1. The predicted molar refractivity (Wildman–Crippen MR) is 41.8 cm³/mol. The van der Waals surface area contributed by atoms with E-state index in [-0.39, 0.29) is 6.61 Å². The lowest BCUT2D eigenvalue weighted by Gasteiger charge is -2.21. The number of ether oxygens (including phenoxy) is 2. The summed E-state index contributed by atoms with van der Waals surface area (Å²) in [5.41, 5.74) is -1.89. The second-order valence-corrected chi connectivity index (χ2v) is 3.15. The van der Waals surface area contributed by atoms with Crippen LogP contribution in [-0.2, 0) is 9.47 Å². The molecule has 12 heavy (non-hydrogen) atoms. The molecule has 1 N–H and O–H groups in total. The summed E-state index contributed by atoms with van der Waals surface area (Å²) >= 11 is 0. The molecule has 3 nitrogen and oxygen atoms in total. The molecular formula is C7H12BFO3. The van der Waals surface area contributed by atoms with Crippen LogP contribution in [0, 0.1) is 0 Å². The summed E-state index contributed by atoms with van der Waals surface area (Å²) in [6, 6.07) is -1.08. The fourth-order valence-corrected chi connectivity index (χ4v) is 1.22. The molecule has 68 valence electrons. The Balaban J connectivity index is 2.63. The van der Waals surface area contributed by atoms with Crippen molar-refractivity contribution in [3.8, 4) is 0 Å². The molecule has 0 saturated carbocycles. The summed E-state index contributed by atoms with van der Waals surface area (Å²) in [6.07, 6.45) is -1.88. The molecule has 1 aliphatic heterocycles. The topological polar surface area (TPSA) is 38.7 Å². The van der Waals surface area contributed by atoms with Gasteiger partial charge in [0.2, 0.25) is 0 Å². The second-order valence-electron chi connectivity index (χ2n) is 3.15. The highest BCUT2D eigenvalue weighted by Gasteiger charge is 2.50. The molecular weight excluding hydrogens is 162 g/mol. The Bertz CT molecular complexity index is 165. The van der Waals surface area contributed by atoms with E-state index in [1.807, 2.05) is 0 Å². The minimum absolute atomic E-state index is 0.147. The van der Waals surface area contributed by atoms with Gasteiger partial charge in [0.1, 0.15) is 20.1 Å². The average Bonchev–Trinajstić information content (AvgIpc) is 2.17. The van der Waals surface area contributed by atoms with E-state index in [0.717, 1.165) is 0 Å². The third kappa shape index (κ3) is 1.49. The molecule has 0 aromatic heterocycles. The van der Waals surface area contributed by atoms with Crippen molar-refractivity contribution in [3.05, 3.63) is 0 Å². The molecule has 1 rings (SSSR count). The van der Waals surface area contributed by atoms with Gasteiger partial charge in [-0.15, -0.1) is 0 Å². The van der Waals surface area contributed by atoms with Crippen LogP contribution in [0.5, 0.6) is 0 Å². The lowest BCUT2D eigenvalue weighted by Crippen LogP contribution is -2.42. The zero-order valence-electron chi connectivity index (χ0n) is 7.16. The molecule has 2 radical (unpaired) electrons. The van der Waals surface area contributed by atoms with Gasteiger partial charge < -0.3 is 14.6 Å². The lowest BCUT2D eigenvalue weighted by molar-refractivity contribution is -0.0229. The van der Waals surface area contributed by atoms with Crippen LogP contribution in [0.15, 0.2) is 0 Å². The second kappa shape index (κ2) is 3.32. The van der Waals surface area contributed by atoms with E-state index in [1.165, 1.54) is 14.0 Å². The van der Waals surface area contributed by atoms with Crippen LogP contribution in [0.2, 0.25) is 0 Å². The van der Waals surface area contributed by atoms with Crippen molar-refractivity contribution >= 4 is 7.85 Å². The van der Waals surface area contributed by atoms with Gasteiger partial charge in [0, 0.05) is 7.11 Å². The van der Waals surface area contributed by atoms with Crippen molar-refractivity contribution in [2.24, 2.45) is 0 Å². The van der Waals surface area contributed by atoms with Crippen molar-refractivity contribution in [3.63, 3.8) is 0 Å². The van der Waals surface area contributed by atoms with Gasteiger partial charge >= 0.3 is 0 Å². The number of rotatable bonds is 2. The smallest absolute Gasteiger partial charge is 0.153 e. The molecule has 0 bridgehead atoms. The maximum atomic E-state index is 13.4. The first-order valence-corrected chi connectivity index (χ1v) is 3.77. The Labute approximate surface area is 72.3 Å². The zero-order valence-corrected chi connectivity index (χ0v) is 7.16. The summed E-state index contributed by atoms with van der Waals surface area (Å²) in [6.45, 7) is 1.37. The summed E-state index contributed by atoms with van der Waals surface area (Å²) in [5.74, 6) is 0. The van der Waals surface area contributed by atoms with E-state index in [1.54, 1.807) is 0 Å². The van der Waals surface area contributed by atoms with E-state index in [2.05, 4.69) is 0 Å². The summed E-state index contributed by atoms with van der Waals surface area (Å²) in [7, 11) is 6.76. The van der Waals surface area contributed by atoms with Crippen LogP contribution in [0.1, 0.15) is 6.92 Å². The Morgan fingerprint density at radius 2 is 2.33 bits per heavy atom. The van der Waals surface area contributed by atoms with Gasteiger partial charge in [-0.05, 0) is 6.92 Å². The zero-order chi connectivity index (χ0) is 9.35. The predicted octanol–water partition coefficient (Wildman–Crippen LogP) is -0.385. The van der Waals surface area contributed by atoms with Crippen LogP contribution in [0.25, 0.3) is 0 Å². The third-order valence-electron chi connectivity index (χ3n) is 2.14. The van der Waals surface area contributed by atoms with E-state index in [9.17, 15) is 9.50 Å². The van der Waals surface area contributed by atoms with Gasteiger partial charge in [0.15, 0.2) is 5.67 Å². The number of aliphatic hydroxyl groups is 1. The van der Waals surface area contributed by atoms with E-state index in [0.29, 0.717) is 0 Å². The lowest BCUT2D eigenvalue weighted by atomic mass is 9.83. The van der Waals surface area contributed by atoms with Gasteiger partial charge in [-0.3, -0.25) is 0 Å². The number of aliphatic hydroxyl groups excluding tert-OH is 1. The quantitative estimate of drug-likeness (QED) is 0.579. The number of halogens is 1. The molecule has 1 unspecified atom stereocenters. The average molecular weight is 174 g/mol. The molecule has 1 fully saturated rings. The first kappa shape index (κ1) is 9.96. The molecule has 1 aliphatic rings. The molecule has 0 amide bonds. The molecule has 0 spiro atoms. The van der Waals surface area contributed by atoms with Crippen molar-refractivity contribution < 1.29 is 19.0 Å². The van der Waals surface area contributed by atoms with Gasteiger partial charge in [-0.2, -0.15) is 0 Å². The fourth-order valence-electron chi connectivity index (χ4n) is 1.22. The van der Waals surface area contributed by atoms with Crippen LogP contribution < -0.4 is 0 Å². The van der Waals surface area contributed by atoms with Crippen LogP contribution in [0.3, 0.4) is 0 Å². The van der Waals surface area contributed by atoms with Crippen LogP contribution in [-0.4, -0.2) is 50.5 Å². The van der Waals surface area contributed by atoms with Gasteiger partial charge in [-0.1, -0.05) is 0 Å². The summed E-state index contributed by atoms with van der Waals surface area (Å²) in [4.78, 5) is 0. The minimum Gasteiger partial charge on any atom is -0.387 e. The molecule has 5 heteroatoms. The van der Waals surface area contributed by atoms with E-state index in [4.69, 9.17) is 17.3 Å². The van der Waals surface area contributed by atoms with E-state index < -0.39 is 23.9 Å². The van der Waals surface area contributed by atoms with Gasteiger partial charge in [0.25, 0.3) is 0 Å². The highest BCUT2D eigenvalue weighted by molar-refractivity contribution is 6.12. The maximum absolute atomic E-state index is 13.4. The first-order chi connectivity index (χ1) is 5.50. The molecule has 4 atom stereocenters. The molecule has 1 heterocycles. The normalized spacial score (nSPS) is 48.2. The van der Waals surface area contributed by atoms with E-state index >= 15 is 0 Å². The number of hydrogen-bond donors (Lipinski definition) is 1. The SMILES string of the molecule is [B][C@@H]1O[C@H](COC)[C@@H](O)C1(C)F. The molecule has 1 saturated heterocycles. The Morgan fingerprint density at radius 3 is 2.67 bits per heavy atom. The third-order valence-corrected chi connectivity index (χ3v) is 2.14. The fraction of sp³-hybridized carbons (Fsp3) is 1.00. The molecule has 0 aliphatic carbocycles. The number of methoxy groups -OCH3 is 1. The summed E-state index contributed by atoms with van der Waals surface area (Å²) in [5, 5.41) is 9.36. The number of hydrogen-bond acceptors (Lipinski definition) is 3. The Hall–Kier alpha value is -0.125.